The number of nitrogens with one attached hydrogen (secondary N) is 3. The second-order valence-corrected chi connectivity index (χ2v) is 7.37. The van der Waals surface area contributed by atoms with Gasteiger partial charge in [0.2, 0.25) is 0 Å². The molecular formula is C17H22BrN3O3. The van der Waals surface area contributed by atoms with Crippen LogP contribution in [0.15, 0.2) is 28.7 Å². The molecule has 1 aromatic heterocycles. The molecule has 0 aliphatic heterocycles. The average molecular weight is 396 g/mol. The maximum atomic E-state index is 12.1. The number of H-pyrrole nitrogens is 1. The number of alkyl carbamates (subject to hydrolysis) is 1. The lowest BCUT2D eigenvalue weighted by Crippen LogP contribution is -2.34. The lowest BCUT2D eigenvalue weighted by atomic mass is 10.2. The predicted octanol–water partition coefficient (Wildman–Crippen LogP) is 3.58. The third-order valence-corrected chi connectivity index (χ3v) is 3.63. The van der Waals surface area contributed by atoms with Crippen LogP contribution in [0, 0.1) is 0 Å². The molecule has 0 atom stereocenters. The number of ether oxygens (including phenoxy) is 1. The maximum Gasteiger partial charge on any atom is 0.407 e. The van der Waals surface area contributed by atoms with Gasteiger partial charge in [0.05, 0.1) is 0 Å². The van der Waals surface area contributed by atoms with E-state index in [-0.39, 0.29) is 5.91 Å². The molecule has 0 saturated carbocycles. The summed E-state index contributed by atoms with van der Waals surface area (Å²) in [7, 11) is 0. The molecule has 1 heterocycles. The zero-order valence-corrected chi connectivity index (χ0v) is 15.6. The van der Waals surface area contributed by atoms with Gasteiger partial charge in [0.25, 0.3) is 5.91 Å². The minimum atomic E-state index is -0.511. The Morgan fingerprint density at radius 2 is 1.88 bits per heavy atom. The second kappa shape index (κ2) is 7.70. The minimum Gasteiger partial charge on any atom is -0.444 e. The number of carbonyl (C=O) groups excluding carboxylic acids is 2. The lowest BCUT2D eigenvalue weighted by molar-refractivity contribution is 0.0527. The molecule has 0 aliphatic rings. The van der Waals surface area contributed by atoms with Crippen molar-refractivity contribution in [2.24, 2.45) is 0 Å². The molecule has 130 valence electrons. The molecule has 2 aromatic rings. The first-order valence-electron chi connectivity index (χ1n) is 7.78. The topological polar surface area (TPSA) is 83.2 Å². The average Bonchev–Trinajstić information content (AvgIpc) is 2.87. The number of rotatable bonds is 5. The standard InChI is InChI=1S/C17H22BrN3O3/c1-17(2,3)24-16(23)20-8-4-7-19-15(22)14-9-11-5-6-12(18)10-13(11)21-14/h5-6,9-10,21H,4,7-8H2,1-3H3,(H,19,22)(H,20,23). The fourth-order valence-corrected chi connectivity index (χ4v) is 2.47. The van der Waals surface area contributed by atoms with Crippen molar-refractivity contribution in [3.63, 3.8) is 0 Å². The smallest absolute Gasteiger partial charge is 0.407 e. The van der Waals surface area contributed by atoms with Crippen molar-refractivity contribution in [3.05, 3.63) is 34.4 Å². The van der Waals surface area contributed by atoms with Gasteiger partial charge in [-0.25, -0.2) is 4.79 Å². The first-order chi connectivity index (χ1) is 11.2. The molecule has 0 aliphatic carbocycles. The van der Waals surface area contributed by atoms with Crippen LogP contribution >= 0.6 is 15.9 Å². The van der Waals surface area contributed by atoms with Crippen molar-refractivity contribution >= 4 is 38.8 Å². The third-order valence-electron chi connectivity index (χ3n) is 3.14. The van der Waals surface area contributed by atoms with Crippen LogP contribution in [-0.2, 0) is 4.74 Å². The Hall–Kier alpha value is -2.02. The number of hydrogen-bond donors (Lipinski definition) is 3. The quantitative estimate of drug-likeness (QED) is 0.676. The van der Waals surface area contributed by atoms with Crippen LogP contribution in [-0.4, -0.2) is 35.7 Å². The van der Waals surface area contributed by atoms with Gasteiger partial charge < -0.3 is 20.4 Å². The molecule has 0 unspecified atom stereocenters. The number of halogens is 1. The highest BCUT2D eigenvalue weighted by atomic mass is 79.9. The molecule has 6 nitrogen and oxygen atoms in total. The Labute approximate surface area is 149 Å². The molecule has 0 fully saturated rings. The van der Waals surface area contributed by atoms with E-state index in [9.17, 15) is 9.59 Å². The first kappa shape index (κ1) is 18.3. The van der Waals surface area contributed by atoms with Crippen molar-refractivity contribution in [2.75, 3.05) is 13.1 Å². The number of fused-ring (bicyclic) bond motifs is 1. The van der Waals surface area contributed by atoms with E-state index in [1.54, 1.807) is 0 Å². The molecule has 0 bridgehead atoms. The summed E-state index contributed by atoms with van der Waals surface area (Å²) in [6, 6.07) is 7.62. The summed E-state index contributed by atoms with van der Waals surface area (Å²) >= 11 is 3.40. The lowest BCUT2D eigenvalue weighted by Gasteiger charge is -2.19. The number of aromatic amines is 1. The zero-order valence-electron chi connectivity index (χ0n) is 14.0. The van der Waals surface area contributed by atoms with Gasteiger partial charge in [-0.1, -0.05) is 22.0 Å². The highest BCUT2D eigenvalue weighted by molar-refractivity contribution is 9.10. The Morgan fingerprint density at radius 3 is 2.58 bits per heavy atom. The summed E-state index contributed by atoms with van der Waals surface area (Å²) in [4.78, 5) is 26.7. The fraction of sp³-hybridized carbons (Fsp3) is 0.412. The Kier molecular flexibility index (Phi) is 5.88. The fourth-order valence-electron chi connectivity index (χ4n) is 2.11. The van der Waals surface area contributed by atoms with Crippen LogP contribution in [0.2, 0.25) is 0 Å². The Balaban J connectivity index is 1.74. The van der Waals surface area contributed by atoms with Gasteiger partial charge in [-0.3, -0.25) is 4.79 Å². The summed E-state index contributed by atoms with van der Waals surface area (Å²) in [6.45, 7) is 6.34. The third kappa shape index (κ3) is 5.56. The molecule has 3 N–H and O–H groups in total. The molecular weight excluding hydrogens is 374 g/mol. The number of amides is 2. The van der Waals surface area contributed by atoms with E-state index in [4.69, 9.17) is 4.74 Å². The Morgan fingerprint density at radius 1 is 1.17 bits per heavy atom. The second-order valence-electron chi connectivity index (χ2n) is 6.45. The predicted molar refractivity (Wildman–Crippen MR) is 97.2 cm³/mol. The Bertz CT molecular complexity index is 734. The largest absolute Gasteiger partial charge is 0.444 e. The van der Waals surface area contributed by atoms with Gasteiger partial charge in [0.1, 0.15) is 11.3 Å². The van der Waals surface area contributed by atoms with Crippen LogP contribution in [0.25, 0.3) is 10.9 Å². The van der Waals surface area contributed by atoms with Crippen molar-refractivity contribution in [3.8, 4) is 0 Å². The van der Waals surface area contributed by atoms with Crippen LogP contribution in [0.5, 0.6) is 0 Å². The molecule has 2 rings (SSSR count). The first-order valence-corrected chi connectivity index (χ1v) is 8.57. The van der Waals surface area contributed by atoms with E-state index < -0.39 is 11.7 Å². The van der Waals surface area contributed by atoms with E-state index in [1.165, 1.54) is 0 Å². The van der Waals surface area contributed by atoms with E-state index in [1.807, 2.05) is 45.0 Å². The van der Waals surface area contributed by atoms with E-state index in [2.05, 4.69) is 31.5 Å². The summed E-state index contributed by atoms with van der Waals surface area (Å²) in [5.41, 5.74) is 0.910. The van der Waals surface area contributed by atoms with Crippen molar-refractivity contribution in [2.45, 2.75) is 32.8 Å². The molecule has 24 heavy (non-hydrogen) atoms. The number of aromatic nitrogens is 1. The zero-order chi connectivity index (χ0) is 17.7. The van der Waals surface area contributed by atoms with Gasteiger partial charge in [-0.2, -0.15) is 0 Å². The highest BCUT2D eigenvalue weighted by Gasteiger charge is 2.15. The van der Waals surface area contributed by atoms with Gasteiger partial charge in [0, 0.05) is 28.5 Å². The number of carbonyl (C=O) groups is 2. The summed E-state index contributed by atoms with van der Waals surface area (Å²) in [5, 5.41) is 6.46. The van der Waals surface area contributed by atoms with Crippen LogP contribution < -0.4 is 10.6 Å². The van der Waals surface area contributed by atoms with E-state index in [0.29, 0.717) is 25.2 Å². The highest BCUT2D eigenvalue weighted by Crippen LogP contribution is 2.20. The van der Waals surface area contributed by atoms with Gasteiger partial charge in [0.15, 0.2) is 0 Å². The normalized spacial score (nSPS) is 11.3. The van der Waals surface area contributed by atoms with Gasteiger partial charge in [-0.15, -0.1) is 0 Å². The van der Waals surface area contributed by atoms with Crippen LogP contribution in [0.3, 0.4) is 0 Å². The summed E-state index contributed by atoms with van der Waals surface area (Å²) in [5.74, 6) is -0.167. The monoisotopic (exact) mass is 395 g/mol. The molecule has 0 spiro atoms. The summed E-state index contributed by atoms with van der Waals surface area (Å²) in [6.07, 6.45) is 0.173. The van der Waals surface area contributed by atoms with E-state index >= 15 is 0 Å². The van der Waals surface area contributed by atoms with Gasteiger partial charge >= 0.3 is 6.09 Å². The minimum absolute atomic E-state index is 0.167. The molecule has 2 amide bonds. The maximum absolute atomic E-state index is 12.1. The van der Waals surface area contributed by atoms with Crippen LogP contribution in [0.4, 0.5) is 4.79 Å². The van der Waals surface area contributed by atoms with Crippen molar-refractivity contribution < 1.29 is 14.3 Å². The van der Waals surface area contributed by atoms with E-state index in [0.717, 1.165) is 15.4 Å². The van der Waals surface area contributed by atoms with Crippen molar-refractivity contribution in [1.82, 2.24) is 15.6 Å². The summed E-state index contributed by atoms with van der Waals surface area (Å²) < 4.78 is 6.09. The SMILES string of the molecule is CC(C)(C)OC(=O)NCCCNC(=O)c1cc2ccc(Br)cc2[nH]1. The molecule has 0 saturated heterocycles. The van der Waals surface area contributed by atoms with Crippen LogP contribution in [0.1, 0.15) is 37.7 Å². The number of benzene rings is 1. The van der Waals surface area contributed by atoms with Crippen molar-refractivity contribution in [1.29, 1.82) is 0 Å². The number of hydrogen-bond acceptors (Lipinski definition) is 3. The molecule has 7 heteroatoms. The molecule has 0 radical (unpaired) electrons. The van der Waals surface area contributed by atoms with Gasteiger partial charge in [-0.05, 0) is 45.4 Å². The molecule has 1 aromatic carbocycles.